The van der Waals surface area contributed by atoms with Crippen LogP contribution in [0.1, 0.15) is 18.4 Å². The summed E-state index contributed by atoms with van der Waals surface area (Å²) in [5.74, 6) is 0.880. The smallest absolute Gasteiger partial charge is 0.240 e. The molecular weight excluding hydrogens is 364 g/mol. The molecule has 0 radical (unpaired) electrons. The van der Waals surface area contributed by atoms with E-state index in [1.54, 1.807) is 24.3 Å². The lowest BCUT2D eigenvalue weighted by atomic mass is 10.0. The number of amides is 2. The Kier molecular flexibility index (Phi) is 5.04. The van der Waals surface area contributed by atoms with Crippen molar-refractivity contribution in [2.45, 2.75) is 19.8 Å². The third-order valence-electron chi connectivity index (χ3n) is 4.99. The van der Waals surface area contributed by atoms with Gasteiger partial charge in [-0.25, -0.2) is 0 Å². The number of benzene rings is 3. The molecule has 0 spiro atoms. The van der Waals surface area contributed by atoms with Crippen molar-refractivity contribution in [1.29, 1.82) is 0 Å². The van der Waals surface area contributed by atoms with E-state index in [1.165, 1.54) is 0 Å². The summed E-state index contributed by atoms with van der Waals surface area (Å²) >= 11 is 0. The number of para-hydroxylation sites is 1. The molecule has 1 aliphatic rings. The summed E-state index contributed by atoms with van der Waals surface area (Å²) in [5, 5.41) is 5.73. The minimum atomic E-state index is -0.997. The average molecular weight is 386 g/mol. The van der Waals surface area contributed by atoms with E-state index in [2.05, 4.69) is 10.6 Å². The van der Waals surface area contributed by atoms with Crippen molar-refractivity contribution in [1.82, 2.24) is 0 Å². The van der Waals surface area contributed by atoms with Crippen LogP contribution in [0.5, 0.6) is 11.5 Å². The van der Waals surface area contributed by atoms with Gasteiger partial charge in [-0.3, -0.25) is 9.59 Å². The van der Waals surface area contributed by atoms with Gasteiger partial charge >= 0.3 is 0 Å². The lowest BCUT2D eigenvalue weighted by Gasteiger charge is -2.16. The maximum atomic E-state index is 12.8. The Bertz CT molecular complexity index is 1030. The molecule has 146 valence electrons. The molecule has 3 aromatic rings. The Balaban J connectivity index is 1.39. The average Bonchev–Trinajstić information content (AvgIpc) is 3.53. The van der Waals surface area contributed by atoms with Gasteiger partial charge in [0.15, 0.2) is 0 Å². The van der Waals surface area contributed by atoms with Gasteiger partial charge in [-0.1, -0.05) is 30.3 Å². The van der Waals surface area contributed by atoms with Crippen LogP contribution in [-0.2, 0) is 9.59 Å². The SMILES string of the molecule is Cc1cccc(NC(=O)C2(C(=O)Nc3ccc(Oc4ccccc4)cc3)CC2)c1. The van der Waals surface area contributed by atoms with Crippen LogP contribution in [0.4, 0.5) is 11.4 Å². The number of rotatable bonds is 6. The fraction of sp³-hybridized carbons (Fsp3) is 0.167. The van der Waals surface area contributed by atoms with Crippen LogP contribution in [-0.4, -0.2) is 11.8 Å². The second kappa shape index (κ2) is 7.80. The second-order valence-electron chi connectivity index (χ2n) is 7.30. The van der Waals surface area contributed by atoms with Gasteiger partial charge in [-0.05, 0) is 73.9 Å². The molecule has 0 saturated heterocycles. The number of nitrogens with one attached hydrogen (secondary N) is 2. The van der Waals surface area contributed by atoms with Crippen molar-refractivity contribution in [2.75, 3.05) is 10.6 Å². The molecule has 2 amide bonds. The topological polar surface area (TPSA) is 67.4 Å². The van der Waals surface area contributed by atoms with Crippen molar-refractivity contribution in [3.05, 3.63) is 84.4 Å². The molecule has 0 unspecified atom stereocenters. The molecule has 0 aromatic heterocycles. The predicted octanol–water partition coefficient (Wildman–Crippen LogP) is 5.14. The lowest BCUT2D eigenvalue weighted by Crippen LogP contribution is -2.35. The van der Waals surface area contributed by atoms with Crippen LogP contribution in [0.3, 0.4) is 0 Å². The number of ether oxygens (including phenoxy) is 1. The number of anilines is 2. The van der Waals surface area contributed by atoms with Gasteiger partial charge in [0.2, 0.25) is 11.8 Å². The Hall–Kier alpha value is -3.60. The molecule has 5 heteroatoms. The zero-order valence-electron chi connectivity index (χ0n) is 16.1. The van der Waals surface area contributed by atoms with Crippen LogP contribution < -0.4 is 15.4 Å². The summed E-state index contributed by atoms with van der Waals surface area (Å²) in [4.78, 5) is 25.5. The summed E-state index contributed by atoms with van der Waals surface area (Å²) in [6, 6.07) is 24.1. The van der Waals surface area contributed by atoms with E-state index in [4.69, 9.17) is 4.74 Å². The molecule has 1 fully saturated rings. The van der Waals surface area contributed by atoms with Gasteiger partial charge in [0, 0.05) is 11.4 Å². The number of aryl methyl sites for hydroxylation is 1. The van der Waals surface area contributed by atoms with Crippen LogP contribution >= 0.6 is 0 Å². The zero-order chi connectivity index (χ0) is 20.3. The minimum absolute atomic E-state index is 0.260. The van der Waals surface area contributed by atoms with Crippen molar-refractivity contribution >= 4 is 23.2 Å². The first kappa shape index (κ1) is 18.7. The normalized spacial score (nSPS) is 14.0. The molecule has 3 aromatic carbocycles. The van der Waals surface area contributed by atoms with E-state index in [1.807, 2.05) is 61.5 Å². The first-order valence-electron chi connectivity index (χ1n) is 9.58. The van der Waals surface area contributed by atoms with Gasteiger partial charge in [-0.2, -0.15) is 0 Å². The summed E-state index contributed by atoms with van der Waals surface area (Å²) in [7, 11) is 0. The summed E-state index contributed by atoms with van der Waals surface area (Å²) in [5.41, 5.74) is 1.39. The fourth-order valence-electron chi connectivity index (χ4n) is 3.14. The highest BCUT2D eigenvalue weighted by Crippen LogP contribution is 2.47. The van der Waals surface area contributed by atoms with Gasteiger partial charge in [-0.15, -0.1) is 0 Å². The summed E-state index contributed by atoms with van der Waals surface area (Å²) < 4.78 is 5.76. The first-order valence-corrected chi connectivity index (χ1v) is 9.58. The van der Waals surface area contributed by atoms with Crippen LogP contribution in [0.15, 0.2) is 78.9 Å². The van der Waals surface area contributed by atoms with Gasteiger partial charge in [0.05, 0.1) is 0 Å². The molecule has 0 aliphatic heterocycles. The molecule has 0 atom stereocenters. The van der Waals surface area contributed by atoms with Crippen LogP contribution in [0.2, 0.25) is 0 Å². The monoisotopic (exact) mass is 386 g/mol. The van der Waals surface area contributed by atoms with E-state index in [0.29, 0.717) is 30.0 Å². The molecule has 2 N–H and O–H groups in total. The first-order chi connectivity index (χ1) is 14.0. The molecule has 29 heavy (non-hydrogen) atoms. The Morgan fingerprint density at radius 1 is 0.759 bits per heavy atom. The fourth-order valence-corrected chi connectivity index (χ4v) is 3.14. The maximum absolute atomic E-state index is 12.8. The van der Waals surface area contributed by atoms with Crippen molar-refractivity contribution in [3.63, 3.8) is 0 Å². The molecule has 5 nitrogen and oxygen atoms in total. The molecule has 0 heterocycles. The van der Waals surface area contributed by atoms with Gasteiger partial charge in [0.1, 0.15) is 16.9 Å². The Labute approximate surface area is 169 Å². The van der Waals surface area contributed by atoms with E-state index < -0.39 is 5.41 Å². The quantitative estimate of drug-likeness (QED) is 0.576. The highest BCUT2D eigenvalue weighted by atomic mass is 16.5. The minimum Gasteiger partial charge on any atom is -0.457 e. The molecule has 1 aliphatic carbocycles. The van der Waals surface area contributed by atoms with Crippen molar-refractivity contribution in [2.24, 2.45) is 5.41 Å². The number of carbonyl (C=O) groups is 2. The standard InChI is InChI=1S/C24H22N2O3/c1-17-6-5-7-19(16-17)26-23(28)24(14-15-24)22(27)25-18-10-12-21(13-11-18)29-20-8-3-2-4-9-20/h2-13,16H,14-15H2,1H3,(H,25,27)(H,26,28). The number of carbonyl (C=O) groups excluding carboxylic acids is 2. The second-order valence-corrected chi connectivity index (χ2v) is 7.30. The maximum Gasteiger partial charge on any atom is 0.240 e. The van der Waals surface area contributed by atoms with E-state index >= 15 is 0 Å². The van der Waals surface area contributed by atoms with Crippen LogP contribution in [0, 0.1) is 12.3 Å². The summed E-state index contributed by atoms with van der Waals surface area (Å²) in [6.45, 7) is 1.96. The largest absolute Gasteiger partial charge is 0.457 e. The molecule has 1 saturated carbocycles. The lowest BCUT2D eigenvalue weighted by molar-refractivity contribution is -0.131. The third kappa shape index (κ3) is 4.29. The molecular formula is C24H22N2O3. The number of hydrogen-bond acceptors (Lipinski definition) is 3. The highest BCUT2D eigenvalue weighted by molar-refractivity contribution is 6.16. The van der Waals surface area contributed by atoms with Gasteiger partial charge in [0.25, 0.3) is 0 Å². The molecule has 4 rings (SSSR count). The van der Waals surface area contributed by atoms with Crippen LogP contribution in [0.25, 0.3) is 0 Å². The Morgan fingerprint density at radius 2 is 1.38 bits per heavy atom. The molecule has 0 bridgehead atoms. The van der Waals surface area contributed by atoms with Gasteiger partial charge < -0.3 is 15.4 Å². The van der Waals surface area contributed by atoms with E-state index in [-0.39, 0.29) is 11.8 Å². The van der Waals surface area contributed by atoms with Crippen molar-refractivity contribution in [3.8, 4) is 11.5 Å². The Morgan fingerprint density at radius 3 is 2.00 bits per heavy atom. The summed E-state index contributed by atoms with van der Waals surface area (Å²) in [6.07, 6.45) is 1.09. The highest BCUT2D eigenvalue weighted by Gasteiger charge is 2.56. The van der Waals surface area contributed by atoms with E-state index in [0.717, 1.165) is 11.3 Å². The zero-order valence-corrected chi connectivity index (χ0v) is 16.1. The third-order valence-corrected chi connectivity index (χ3v) is 4.99. The predicted molar refractivity (Wildman–Crippen MR) is 113 cm³/mol. The van der Waals surface area contributed by atoms with Crippen molar-refractivity contribution < 1.29 is 14.3 Å². The number of hydrogen-bond donors (Lipinski definition) is 2. The van der Waals surface area contributed by atoms with E-state index in [9.17, 15) is 9.59 Å².